The van der Waals surface area contributed by atoms with Gasteiger partial charge in [-0.3, -0.25) is 4.79 Å². The molecular formula is C20H23F3N6O2. The maximum atomic E-state index is 13.6. The molecule has 0 aliphatic carbocycles. The van der Waals surface area contributed by atoms with E-state index in [1.165, 1.54) is 25.2 Å². The molecule has 1 aliphatic rings. The van der Waals surface area contributed by atoms with E-state index >= 15 is 0 Å². The van der Waals surface area contributed by atoms with E-state index < -0.39 is 17.8 Å². The van der Waals surface area contributed by atoms with Crippen molar-refractivity contribution in [1.82, 2.24) is 29.8 Å². The van der Waals surface area contributed by atoms with E-state index in [0.717, 1.165) is 32.1 Å². The van der Waals surface area contributed by atoms with Gasteiger partial charge in [-0.15, -0.1) is 5.10 Å². The maximum absolute atomic E-state index is 13.6. The van der Waals surface area contributed by atoms with Crippen molar-refractivity contribution >= 4 is 11.7 Å². The number of hydrogen-bond donors (Lipinski definition) is 1. The molecule has 1 atom stereocenters. The van der Waals surface area contributed by atoms with Gasteiger partial charge in [0.05, 0.1) is 6.26 Å². The lowest BCUT2D eigenvalue weighted by Crippen LogP contribution is -2.36. The molecule has 166 valence electrons. The van der Waals surface area contributed by atoms with Crippen molar-refractivity contribution in [3.8, 4) is 11.5 Å². The lowest BCUT2D eigenvalue weighted by atomic mass is 10.0. The second-order valence-electron chi connectivity index (χ2n) is 7.81. The Morgan fingerprint density at radius 3 is 2.90 bits per heavy atom. The van der Waals surface area contributed by atoms with Crippen LogP contribution < -0.4 is 5.32 Å². The van der Waals surface area contributed by atoms with E-state index in [0.29, 0.717) is 17.0 Å². The zero-order chi connectivity index (χ0) is 22.0. The summed E-state index contributed by atoms with van der Waals surface area (Å²) in [5.74, 6) is -0.485. The number of furan rings is 1. The van der Waals surface area contributed by atoms with E-state index in [2.05, 4.69) is 32.2 Å². The first kappa shape index (κ1) is 21.3. The second kappa shape index (κ2) is 8.66. The van der Waals surface area contributed by atoms with Crippen molar-refractivity contribution in [2.75, 3.05) is 26.2 Å². The van der Waals surface area contributed by atoms with Crippen molar-refractivity contribution in [3.63, 3.8) is 0 Å². The average molecular weight is 436 g/mol. The van der Waals surface area contributed by atoms with Gasteiger partial charge in [-0.2, -0.15) is 22.7 Å². The standard InChI is InChI=1S/C20H23F3N6O2/c1-13-5-2-8-28(12-13)9-4-7-24-18(30)17-26-19-25-14(15-6-3-10-31-15)11-16(20(21,22)23)29(19)27-17/h3,6,10-11,13H,2,4-5,7-9,12H2,1H3,(H,24,30)/t13-/m0/s1. The number of likely N-dealkylation sites (tertiary alicyclic amines) is 1. The number of alkyl halides is 3. The highest BCUT2D eigenvalue weighted by atomic mass is 19.4. The molecule has 1 amide bonds. The lowest BCUT2D eigenvalue weighted by molar-refractivity contribution is -0.142. The molecule has 1 aliphatic heterocycles. The number of carbonyl (C=O) groups excluding carboxylic acids is 1. The summed E-state index contributed by atoms with van der Waals surface area (Å²) < 4.78 is 46.3. The molecular weight excluding hydrogens is 413 g/mol. The van der Waals surface area contributed by atoms with E-state index in [1.807, 2.05) is 0 Å². The van der Waals surface area contributed by atoms with Gasteiger partial charge in [0.1, 0.15) is 5.69 Å². The van der Waals surface area contributed by atoms with Crippen molar-refractivity contribution in [1.29, 1.82) is 0 Å². The summed E-state index contributed by atoms with van der Waals surface area (Å²) in [4.78, 5) is 22.7. The molecule has 0 radical (unpaired) electrons. The molecule has 11 heteroatoms. The Balaban J connectivity index is 1.47. The van der Waals surface area contributed by atoms with Gasteiger partial charge < -0.3 is 14.6 Å². The van der Waals surface area contributed by atoms with Crippen molar-refractivity contribution in [3.05, 3.63) is 36.0 Å². The summed E-state index contributed by atoms with van der Waals surface area (Å²) in [5.41, 5.74) is -1.13. The molecule has 1 N–H and O–H groups in total. The van der Waals surface area contributed by atoms with Crippen LogP contribution in [0.2, 0.25) is 0 Å². The largest absolute Gasteiger partial charge is 0.463 e. The SMILES string of the molecule is C[C@H]1CCCN(CCCNC(=O)c2nc3nc(-c4ccco4)cc(C(F)(F)F)n3n2)C1. The molecule has 3 aromatic rings. The molecule has 31 heavy (non-hydrogen) atoms. The topological polar surface area (TPSA) is 88.6 Å². The van der Waals surface area contributed by atoms with Crippen molar-refractivity contribution < 1.29 is 22.4 Å². The minimum atomic E-state index is -4.71. The van der Waals surface area contributed by atoms with Crippen molar-refractivity contribution in [2.45, 2.75) is 32.4 Å². The molecule has 0 saturated carbocycles. The fourth-order valence-corrected chi connectivity index (χ4v) is 3.79. The van der Waals surface area contributed by atoms with Crippen LogP contribution in [0.25, 0.3) is 17.2 Å². The van der Waals surface area contributed by atoms with Gasteiger partial charge in [0.2, 0.25) is 5.82 Å². The van der Waals surface area contributed by atoms with E-state index in [1.54, 1.807) is 6.07 Å². The van der Waals surface area contributed by atoms with Crippen LogP contribution in [-0.4, -0.2) is 56.6 Å². The van der Waals surface area contributed by atoms with E-state index in [-0.39, 0.29) is 23.1 Å². The minimum absolute atomic E-state index is 0.0417. The summed E-state index contributed by atoms with van der Waals surface area (Å²) in [6.45, 7) is 5.57. The summed E-state index contributed by atoms with van der Waals surface area (Å²) >= 11 is 0. The number of halogens is 3. The molecule has 8 nitrogen and oxygen atoms in total. The van der Waals surface area contributed by atoms with Gasteiger partial charge in [-0.25, -0.2) is 4.98 Å². The number of hydrogen-bond acceptors (Lipinski definition) is 6. The molecule has 4 rings (SSSR count). The fourth-order valence-electron chi connectivity index (χ4n) is 3.79. The highest BCUT2D eigenvalue weighted by Crippen LogP contribution is 2.31. The smallest absolute Gasteiger partial charge is 0.433 e. The molecule has 0 spiro atoms. The normalized spacial score (nSPS) is 17.9. The number of aromatic nitrogens is 4. The van der Waals surface area contributed by atoms with Crippen LogP contribution in [0.1, 0.15) is 42.5 Å². The number of nitrogens with zero attached hydrogens (tertiary/aromatic N) is 5. The molecule has 3 aromatic heterocycles. The van der Waals surface area contributed by atoms with E-state index in [4.69, 9.17) is 4.42 Å². The van der Waals surface area contributed by atoms with Crippen molar-refractivity contribution in [2.24, 2.45) is 5.92 Å². The van der Waals surface area contributed by atoms with Gasteiger partial charge in [-0.05, 0) is 56.5 Å². The third-order valence-corrected chi connectivity index (χ3v) is 5.26. The first-order valence-electron chi connectivity index (χ1n) is 10.2. The molecule has 0 bridgehead atoms. The Morgan fingerprint density at radius 1 is 1.35 bits per heavy atom. The number of fused-ring (bicyclic) bond motifs is 1. The van der Waals surface area contributed by atoms with E-state index in [9.17, 15) is 18.0 Å². The number of amides is 1. The maximum Gasteiger partial charge on any atom is 0.433 e. The monoisotopic (exact) mass is 436 g/mol. The third kappa shape index (κ3) is 4.87. The Labute approximate surface area is 176 Å². The predicted octanol–water partition coefficient (Wildman–Crippen LogP) is 3.25. The van der Waals surface area contributed by atoms with Crippen LogP contribution in [-0.2, 0) is 6.18 Å². The van der Waals surface area contributed by atoms with Crippen LogP contribution in [0.4, 0.5) is 13.2 Å². The molecule has 1 fully saturated rings. The Hall–Kier alpha value is -2.95. The summed E-state index contributed by atoms with van der Waals surface area (Å²) in [6.07, 6.45) is -0.229. The van der Waals surface area contributed by atoms with Gasteiger partial charge in [0.25, 0.3) is 11.7 Å². The highest BCUT2D eigenvalue weighted by molar-refractivity contribution is 5.90. The van der Waals surface area contributed by atoms with Gasteiger partial charge in [-0.1, -0.05) is 6.92 Å². The number of carbonyl (C=O) groups is 1. The van der Waals surface area contributed by atoms with Crippen LogP contribution in [0.15, 0.2) is 28.9 Å². The van der Waals surface area contributed by atoms with Gasteiger partial charge in [0.15, 0.2) is 11.5 Å². The minimum Gasteiger partial charge on any atom is -0.463 e. The molecule has 0 unspecified atom stereocenters. The fraction of sp³-hybridized carbons (Fsp3) is 0.500. The Bertz CT molecular complexity index is 1050. The first-order valence-corrected chi connectivity index (χ1v) is 10.2. The number of rotatable bonds is 6. The number of piperidine rings is 1. The van der Waals surface area contributed by atoms with Gasteiger partial charge in [0, 0.05) is 13.1 Å². The summed E-state index contributed by atoms with van der Waals surface area (Å²) in [6, 6.07) is 3.86. The number of nitrogens with one attached hydrogen (secondary N) is 1. The zero-order valence-electron chi connectivity index (χ0n) is 17.0. The molecule has 4 heterocycles. The van der Waals surface area contributed by atoms with Gasteiger partial charge >= 0.3 is 6.18 Å². The zero-order valence-corrected chi connectivity index (χ0v) is 17.0. The van der Waals surface area contributed by atoms with Crippen LogP contribution >= 0.6 is 0 Å². The quantitative estimate of drug-likeness (QED) is 0.597. The third-order valence-electron chi connectivity index (χ3n) is 5.26. The van der Waals surface area contributed by atoms with Crippen LogP contribution in [0.5, 0.6) is 0 Å². The molecule has 0 aromatic carbocycles. The lowest BCUT2D eigenvalue weighted by Gasteiger charge is -2.30. The molecule has 1 saturated heterocycles. The first-order chi connectivity index (χ1) is 14.8. The van der Waals surface area contributed by atoms with Crippen LogP contribution in [0, 0.1) is 5.92 Å². The second-order valence-corrected chi connectivity index (χ2v) is 7.81. The van der Waals surface area contributed by atoms with Crippen LogP contribution in [0.3, 0.4) is 0 Å². The summed E-state index contributed by atoms with van der Waals surface area (Å²) in [7, 11) is 0. The average Bonchev–Trinajstić information content (AvgIpc) is 3.39. The Morgan fingerprint density at radius 2 is 2.19 bits per heavy atom. The summed E-state index contributed by atoms with van der Waals surface area (Å²) in [5, 5.41) is 6.43. The predicted molar refractivity (Wildman–Crippen MR) is 105 cm³/mol. The Kier molecular flexibility index (Phi) is 5.94. The highest BCUT2D eigenvalue weighted by Gasteiger charge is 2.36.